The second-order valence-electron chi connectivity index (χ2n) is 7.50. The Labute approximate surface area is 126 Å². The highest BCUT2D eigenvalue weighted by atomic mass is 17.3. The standard InChI is InChI=1S/C18H22O3/c1-15(2,3)18-16(4,5)13-19-17(18,20-21-18)12-11-14-9-7-6-8-10-14/h6-10H,13H2,1-5H3. The number of hydrogen-bond acceptors (Lipinski definition) is 3. The Morgan fingerprint density at radius 3 is 2.24 bits per heavy atom. The lowest BCUT2D eigenvalue weighted by Gasteiger charge is -2.58. The molecule has 0 aromatic heterocycles. The van der Waals surface area contributed by atoms with E-state index in [1.165, 1.54) is 0 Å². The van der Waals surface area contributed by atoms with Crippen LogP contribution >= 0.6 is 0 Å². The highest BCUT2D eigenvalue weighted by Crippen LogP contribution is 2.65. The van der Waals surface area contributed by atoms with Gasteiger partial charge >= 0.3 is 0 Å². The molecule has 2 aliphatic rings. The molecule has 1 aromatic rings. The molecule has 1 aromatic carbocycles. The molecule has 2 aliphatic heterocycles. The molecule has 0 aliphatic carbocycles. The van der Waals surface area contributed by atoms with Gasteiger partial charge in [0.1, 0.15) is 0 Å². The zero-order chi connectivity index (χ0) is 15.4. The van der Waals surface area contributed by atoms with Gasteiger partial charge in [-0.05, 0) is 18.1 Å². The summed E-state index contributed by atoms with van der Waals surface area (Å²) in [5.41, 5.74) is 0.0405. The van der Waals surface area contributed by atoms with Crippen LogP contribution in [0.15, 0.2) is 30.3 Å². The normalized spacial score (nSPS) is 33.6. The van der Waals surface area contributed by atoms with Crippen LogP contribution in [0.1, 0.15) is 40.2 Å². The lowest BCUT2D eigenvalue weighted by atomic mass is 9.59. The van der Waals surface area contributed by atoms with E-state index in [1.54, 1.807) is 0 Å². The monoisotopic (exact) mass is 286 g/mol. The zero-order valence-corrected chi connectivity index (χ0v) is 13.3. The Hall–Kier alpha value is -1.34. The number of hydrogen-bond donors (Lipinski definition) is 0. The predicted octanol–water partition coefficient (Wildman–Crippen LogP) is 3.54. The summed E-state index contributed by atoms with van der Waals surface area (Å²) in [6.45, 7) is 11.3. The zero-order valence-electron chi connectivity index (χ0n) is 13.3. The van der Waals surface area contributed by atoms with E-state index in [4.69, 9.17) is 14.5 Å². The van der Waals surface area contributed by atoms with Crippen LogP contribution in [0.25, 0.3) is 0 Å². The van der Waals surface area contributed by atoms with E-state index in [-0.39, 0.29) is 10.8 Å². The molecule has 21 heavy (non-hydrogen) atoms. The lowest BCUT2D eigenvalue weighted by molar-refractivity contribution is -0.598. The maximum atomic E-state index is 5.99. The molecule has 2 saturated heterocycles. The minimum atomic E-state index is -0.982. The Morgan fingerprint density at radius 1 is 1.05 bits per heavy atom. The minimum Gasteiger partial charge on any atom is -0.335 e. The maximum Gasteiger partial charge on any atom is 0.298 e. The van der Waals surface area contributed by atoms with Crippen molar-refractivity contribution < 1.29 is 14.5 Å². The van der Waals surface area contributed by atoms with E-state index in [2.05, 4.69) is 46.5 Å². The number of fused-ring (bicyclic) bond motifs is 1. The van der Waals surface area contributed by atoms with E-state index >= 15 is 0 Å². The fourth-order valence-electron chi connectivity index (χ4n) is 3.72. The Balaban J connectivity index is 2.04. The van der Waals surface area contributed by atoms with Crippen LogP contribution in [0.2, 0.25) is 0 Å². The lowest BCUT2D eigenvalue weighted by Crippen LogP contribution is -2.74. The van der Waals surface area contributed by atoms with Gasteiger partial charge in [-0.2, -0.15) is 4.89 Å². The van der Waals surface area contributed by atoms with Crippen LogP contribution in [0.5, 0.6) is 0 Å². The highest BCUT2D eigenvalue weighted by molar-refractivity contribution is 5.39. The maximum absolute atomic E-state index is 5.99. The van der Waals surface area contributed by atoms with Crippen LogP contribution in [0.3, 0.4) is 0 Å². The molecule has 0 amide bonds. The van der Waals surface area contributed by atoms with Crippen LogP contribution in [0, 0.1) is 22.7 Å². The smallest absolute Gasteiger partial charge is 0.298 e. The van der Waals surface area contributed by atoms with Crippen LogP contribution in [0.4, 0.5) is 0 Å². The highest BCUT2D eigenvalue weighted by Gasteiger charge is 2.80. The second kappa shape index (κ2) is 4.33. The number of benzene rings is 1. The Kier molecular flexibility index (Phi) is 3.01. The van der Waals surface area contributed by atoms with Gasteiger partial charge < -0.3 is 4.74 Å². The molecule has 0 bridgehead atoms. The van der Waals surface area contributed by atoms with Gasteiger partial charge in [-0.1, -0.05) is 58.7 Å². The van der Waals surface area contributed by atoms with Crippen molar-refractivity contribution in [3.05, 3.63) is 35.9 Å². The molecule has 3 rings (SSSR count). The molecule has 0 radical (unpaired) electrons. The molecular formula is C18H22O3. The summed E-state index contributed by atoms with van der Waals surface area (Å²) < 4.78 is 5.99. The van der Waals surface area contributed by atoms with Crippen LogP contribution in [-0.2, 0) is 14.5 Å². The number of ether oxygens (including phenoxy) is 1. The van der Waals surface area contributed by atoms with Crippen molar-refractivity contribution in [3.8, 4) is 11.8 Å². The average molecular weight is 286 g/mol. The average Bonchev–Trinajstić information content (AvgIpc) is 2.52. The van der Waals surface area contributed by atoms with Gasteiger partial charge in [0.15, 0.2) is 5.60 Å². The van der Waals surface area contributed by atoms with Gasteiger partial charge in [0.2, 0.25) is 0 Å². The summed E-state index contributed by atoms with van der Waals surface area (Å²) in [4.78, 5) is 11.1. The van der Waals surface area contributed by atoms with E-state index < -0.39 is 11.4 Å². The largest absolute Gasteiger partial charge is 0.335 e. The van der Waals surface area contributed by atoms with E-state index in [1.807, 2.05) is 30.3 Å². The first-order valence-electron chi connectivity index (χ1n) is 7.33. The van der Waals surface area contributed by atoms with E-state index in [0.29, 0.717) is 6.61 Å². The van der Waals surface area contributed by atoms with E-state index in [9.17, 15) is 0 Å². The third-order valence-electron chi connectivity index (χ3n) is 4.54. The third-order valence-corrected chi connectivity index (χ3v) is 4.54. The fraction of sp³-hybridized carbons (Fsp3) is 0.556. The first-order chi connectivity index (χ1) is 9.74. The predicted molar refractivity (Wildman–Crippen MR) is 80.1 cm³/mol. The molecule has 2 heterocycles. The van der Waals surface area contributed by atoms with Crippen molar-refractivity contribution in [1.29, 1.82) is 0 Å². The summed E-state index contributed by atoms with van der Waals surface area (Å²) in [6.07, 6.45) is 0. The quantitative estimate of drug-likeness (QED) is 0.539. The molecule has 2 atom stereocenters. The molecule has 0 N–H and O–H groups in total. The second-order valence-corrected chi connectivity index (χ2v) is 7.50. The van der Waals surface area contributed by atoms with Crippen molar-refractivity contribution >= 4 is 0 Å². The van der Waals surface area contributed by atoms with Gasteiger partial charge in [-0.3, -0.25) is 0 Å². The van der Waals surface area contributed by atoms with Crippen molar-refractivity contribution in [2.45, 2.75) is 46.0 Å². The van der Waals surface area contributed by atoms with Crippen molar-refractivity contribution in [3.63, 3.8) is 0 Å². The molecule has 0 saturated carbocycles. The molecule has 0 spiro atoms. The van der Waals surface area contributed by atoms with Gasteiger partial charge in [0.05, 0.1) is 6.61 Å². The van der Waals surface area contributed by atoms with Gasteiger partial charge in [-0.25, -0.2) is 4.89 Å². The van der Waals surface area contributed by atoms with E-state index in [0.717, 1.165) is 5.56 Å². The Morgan fingerprint density at radius 2 is 1.71 bits per heavy atom. The molecule has 2 fully saturated rings. The molecular weight excluding hydrogens is 264 g/mol. The minimum absolute atomic E-state index is 0.156. The summed E-state index contributed by atoms with van der Waals surface area (Å²) in [6, 6.07) is 9.86. The third kappa shape index (κ3) is 1.80. The van der Waals surface area contributed by atoms with Crippen molar-refractivity contribution in [2.24, 2.45) is 10.8 Å². The molecule has 3 heteroatoms. The SMILES string of the molecule is CC(C)(C)C12OOC1(C#Cc1ccccc1)OCC2(C)C. The van der Waals surface area contributed by atoms with Gasteiger partial charge in [0, 0.05) is 16.4 Å². The summed E-state index contributed by atoms with van der Waals surface area (Å²) >= 11 is 0. The molecule has 3 nitrogen and oxygen atoms in total. The summed E-state index contributed by atoms with van der Waals surface area (Å²) in [7, 11) is 0. The van der Waals surface area contributed by atoms with Gasteiger partial charge in [-0.15, -0.1) is 0 Å². The Bertz CT molecular complexity index is 603. The molecule has 112 valence electrons. The van der Waals surface area contributed by atoms with Crippen LogP contribution < -0.4 is 0 Å². The van der Waals surface area contributed by atoms with Crippen molar-refractivity contribution in [2.75, 3.05) is 6.61 Å². The summed E-state index contributed by atoms with van der Waals surface area (Å²) in [5, 5.41) is 0. The first kappa shape index (κ1) is 14.6. The summed E-state index contributed by atoms with van der Waals surface area (Å²) in [5.74, 6) is 5.38. The van der Waals surface area contributed by atoms with Gasteiger partial charge in [0.25, 0.3) is 5.79 Å². The number of rotatable bonds is 0. The molecule has 2 unspecified atom stereocenters. The topological polar surface area (TPSA) is 27.7 Å². The van der Waals surface area contributed by atoms with Crippen LogP contribution in [-0.4, -0.2) is 18.0 Å². The first-order valence-corrected chi connectivity index (χ1v) is 7.33. The van der Waals surface area contributed by atoms with Crippen molar-refractivity contribution in [1.82, 2.24) is 0 Å². The fourth-order valence-corrected chi connectivity index (χ4v) is 3.72.